The molecule has 1 fully saturated rings. The molecule has 1 aliphatic rings. The number of benzene rings is 2. The largest absolute Gasteiger partial charge is 0.415 e. The summed E-state index contributed by atoms with van der Waals surface area (Å²) in [7, 11) is -1.86. The van der Waals surface area contributed by atoms with E-state index in [9.17, 15) is 4.79 Å². The molecule has 168 valence electrons. The fraction of sp³-hybridized carbons (Fsp3) is 0.519. The van der Waals surface area contributed by atoms with E-state index in [2.05, 4.69) is 102 Å². The lowest BCUT2D eigenvalue weighted by Gasteiger charge is -2.38. The topological polar surface area (TPSA) is 38.3 Å². The Bertz CT molecular complexity index is 812. The van der Waals surface area contributed by atoms with Crippen LogP contribution < -0.4 is 5.32 Å². The fourth-order valence-corrected chi connectivity index (χ4v) is 5.04. The average molecular weight is 438 g/mol. The SMILES string of the molecule is CC(C)[C@@H](CO[Si](C)(C)C(C)(C)C)NC(=O)C1[C@H](c2ccccc2)[C@H]1c1ccccc1. The van der Waals surface area contributed by atoms with E-state index in [0.29, 0.717) is 12.5 Å². The Morgan fingerprint density at radius 3 is 1.77 bits per heavy atom. The predicted molar refractivity (Wildman–Crippen MR) is 132 cm³/mol. The van der Waals surface area contributed by atoms with Crippen LogP contribution in [-0.2, 0) is 9.22 Å². The van der Waals surface area contributed by atoms with Gasteiger partial charge in [-0.1, -0.05) is 95.3 Å². The Labute approximate surface area is 189 Å². The normalized spacial score (nSPS) is 22.3. The standard InChI is InChI=1S/C27H39NO2Si/c1-19(2)22(18-30-31(6,7)27(3,4)5)28-26(29)25-23(20-14-10-8-11-15-20)24(25)21-16-12-9-13-17-21/h8-17,19,22-25H,18H2,1-7H3,(H,28,29)/t22-,23-,24-/m1/s1. The van der Waals surface area contributed by atoms with Gasteiger partial charge in [-0.2, -0.15) is 0 Å². The van der Waals surface area contributed by atoms with Crippen LogP contribution in [0.5, 0.6) is 0 Å². The summed E-state index contributed by atoms with van der Waals surface area (Å²) in [5.74, 6) is 0.910. The molecule has 0 aliphatic heterocycles. The molecular formula is C27H39NO2Si. The number of carbonyl (C=O) groups is 1. The molecule has 3 nitrogen and oxygen atoms in total. The quantitative estimate of drug-likeness (QED) is 0.489. The molecule has 0 bridgehead atoms. The molecule has 31 heavy (non-hydrogen) atoms. The Morgan fingerprint density at radius 1 is 0.935 bits per heavy atom. The molecule has 2 aromatic carbocycles. The van der Waals surface area contributed by atoms with Crippen molar-refractivity contribution in [2.24, 2.45) is 11.8 Å². The van der Waals surface area contributed by atoms with Gasteiger partial charge >= 0.3 is 0 Å². The highest BCUT2D eigenvalue weighted by molar-refractivity contribution is 6.74. The monoisotopic (exact) mass is 437 g/mol. The van der Waals surface area contributed by atoms with Crippen LogP contribution in [0.1, 0.15) is 57.6 Å². The second-order valence-electron chi connectivity index (χ2n) is 10.8. The number of carbonyl (C=O) groups excluding carboxylic acids is 1. The zero-order chi connectivity index (χ0) is 22.8. The van der Waals surface area contributed by atoms with Gasteiger partial charge in [-0.3, -0.25) is 4.79 Å². The Balaban J connectivity index is 1.74. The molecule has 1 amide bonds. The molecule has 2 aromatic rings. The van der Waals surface area contributed by atoms with Crippen LogP contribution in [0, 0.1) is 11.8 Å². The molecule has 1 aliphatic carbocycles. The first kappa shape index (κ1) is 23.7. The molecule has 0 heterocycles. The smallest absolute Gasteiger partial charge is 0.224 e. The Kier molecular flexibility index (Phi) is 7.12. The summed E-state index contributed by atoms with van der Waals surface area (Å²) in [5, 5.41) is 3.52. The minimum atomic E-state index is -1.86. The van der Waals surface area contributed by atoms with Gasteiger partial charge in [0.2, 0.25) is 5.91 Å². The summed E-state index contributed by atoms with van der Waals surface area (Å²) in [6, 6.07) is 20.9. The Hall–Kier alpha value is -1.91. The van der Waals surface area contributed by atoms with Gasteiger partial charge in [0.1, 0.15) is 0 Å². The summed E-state index contributed by atoms with van der Waals surface area (Å²) in [6.07, 6.45) is 0. The van der Waals surface area contributed by atoms with E-state index in [1.807, 2.05) is 12.1 Å². The highest BCUT2D eigenvalue weighted by atomic mass is 28.4. The van der Waals surface area contributed by atoms with E-state index < -0.39 is 8.32 Å². The van der Waals surface area contributed by atoms with Crippen LogP contribution >= 0.6 is 0 Å². The van der Waals surface area contributed by atoms with Crippen LogP contribution in [0.25, 0.3) is 0 Å². The van der Waals surface area contributed by atoms with Gasteiger partial charge in [0, 0.05) is 11.8 Å². The molecule has 4 heteroatoms. The lowest BCUT2D eigenvalue weighted by atomic mass is 10.0. The minimum absolute atomic E-state index is 0.0232. The molecule has 1 N–H and O–H groups in total. The second-order valence-corrected chi connectivity index (χ2v) is 15.6. The van der Waals surface area contributed by atoms with Crippen LogP contribution in [0.3, 0.4) is 0 Å². The molecule has 0 aromatic heterocycles. The highest BCUT2D eigenvalue weighted by Crippen LogP contribution is 2.60. The van der Waals surface area contributed by atoms with Crippen molar-refractivity contribution in [1.29, 1.82) is 0 Å². The molecule has 1 saturated carbocycles. The fourth-order valence-electron chi connectivity index (χ4n) is 4.01. The minimum Gasteiger partial charge on any atom is -0.415 e. The van der Waals surface area contributed by atoms with Crippen molar-refractivity contribution < 1.29 is 9.22 Å². The molecule has 0 radical (unpaired) electrons. The maximum Gasteiger partial charge on any atom is 0.224 e. The second kappa shape index (κ2) is 9.29. The molecule has 0 saturated heterocycles. The van der Waals surface area contributed by atoms with Gasteiger partial charge in [0.25, 0.3) is 0 Å². The van der Waals surface area contributed by atoms with E-state index in [0.717, 1.165) is 0 Å². The van der Waals surface area contributed by atoms with Crippen LogP contribution in [0.4, 0.5) is 0 Å². The summed E-state index contributed by atoms with van der Waals surface area (Å²) in [4.78, 5) is 13.5. The third-order valence-corrected chi connectivity index (χ3v) is 11.8. The summed E-state index contributed by atoms with van der Waals surface area (Å²) >= 11 is 0. The highest BCUT2D eigenvalue weighted by Gasteiger charge is 2.56. The summed E-state index contributed by atoms with van der Waals surface area (Å²) in [5.41, 5.74) is 2.49. The van der Waals surface area contributed by atoms with E-state index in [4.69, 9.17) is 4.43 Å². The number of hydrogen-bond donors (Lipinski definition) is 1. The van der Waals surface area contributed by atoms with Crippen molar-refractivity contribution in [3.63, 3.8) is 0 Å². The van der Waals surface area contributed by atoms with Crippen molar-refractivity contribution in [3.8, 4) is 0 Å². The van der Waals surface area contributed by atoms with Crippen molar-refractivity contribution in [2.75, 3.05) is 6.61 Å². The van der Waals surface area contributed by atoms with Gasteiger partial charge in [-0.05, 0) is 35.2 Å². The first-order chi connectivity index (χ1) is 14.5. The van der Waals surface area contributed by atoms with Crippen molar-refractivity contribution in [2.45, 2.75) is 70.6 Å². The number of hydrogen-bond acceptors (Lipinski definition) is 2. The molecule has 0 unspecified atom stereocenters. The van der Waals surface area contributed by atoms with Crippen LogP contribution in [0.2, 0.25) is 18.1 Å². The number of rotatable bonds is 8. The van der Waals surface area contributed by atoms with Crippen LogP contribution in [0.15, 0.2) is 60.7 Å². The first-order valence-corrected chi connectivity index (χ1v) is 14.5. The van der Waals surface area contributed by atoms with E-state index in [1.165, 1.54) is 11.1 Å². The molecule has 3 atom stereocenters. The zero-order valence-corrected chi connectivity index (χ0v) is 21.2. The maximum atomic E-state index is 13.5. The van der Waals surface area contributed by atoms with Gasteiger partial charge < -0.3 is 9.74 Å². The average Bonchev–Trinajstić information content (AvgIpc) is 3.47. The van der Waals surface area contributed by atoms with Gasteiger partial charge in [0.05, 0.1) is 18.6 Å². The zero-order valence-electron chi connectivity index (χ0n) is 20.2. The Morgan fingerprint density at radius 2 is 1.39 bits per heavy atom. The molecule has 0 spiro atoms. The summed E-state index contributed by atoms with van der Waals surface area (Å²) < 4.78 is 6.47. The van der Waals surface area contributed by atoms with Crippen molar-refractivity contribution in [3.05, 3.63) is 71.8 Å². The lowest BCUT2D eigenvalue weighted by Crippen LogP contribution is -2.48. The van der Waals surface area contributed by atoms with Gasteiger partial charge in [0.15, 0.2) is 8.32 Å². The van der Waals surface area contributed by atoms with Crippen LogP contribution in [-0.4, -0.2) is 26.9 Å². The van der Waals surface area contributed by atoms with E-state index >= 15 is 0 Å². The van der Waals surface area contributed by atoms with E-state index in [-0.39, 0.29) is 34.7 Å². The first-order valence-electron chi connectivity index (χ1n) is 11.6. The number of nitrogens with one attached hydrogen (secondary N) is 1. The van der Waals surface area contributed by atoms with Crippen molar-refractivity contribution in [1.82, 2.24) is 5.32 Å². The molecular weight excluding hydrogens is 398 g/mol. The van der Waals surface area contributed by atoms with Gasteiger partial charge in [-0.25, -0.2) is 0 Å². The maximum absolute atomic E-state index is 13.5. The number of amides is 1. The third kappa shape index (κ3) is 5.47. The molecule has 3 rings (SSSR count). The predicted octanol–water partition coefficient (Wildman–Crippen LogP) is 6.35. The summed E-state index contributed by atoms with van der Waals surface area (Å²) in [6.45, 7) is 16.2. The van der Waals surface area contributed by atoms with Crippen molar-refractivity contribution >= 4 is 14.2 Å². The van der Waals surface area contributed by atoms with Gasteiger partial charge in [-0.15, -0.1) is 0 Å². The van der Waals surface area contributed by atoms with E-state index in [1.54, 1.807) is 0 Å². The third-order valence-electron chi connectivity index (χ3n) is 7.25. The lowest BCUT2D eigenvalue weighted by molar-refractivity contribution is -0.123.